The van der Waals surface area contributed by atoms with E-state index in [-0.39, 0.29) is 11.3 Å². The van der Waals surface area contributed by atoms with Gasteiger partial charge in [0.25, 0.3) is 0 Å². The Morgan fingerprint density at radius 2 is 2.11 bits per heavy atom. The molecule has 3 heterocycles. The van der Waals surface area contributed by atoms with E-state index in [2.05, 4.69) is 50.3 Å². The molecule has 2 fully saturated rings. The molecule has 0 aliphatic carbocycles. The summed E-state index contributed by atoms with van der Waals surface area (Å²) in [6.07, 6.45) is 4.15. The van der Waals surface area contributed by atoms with Crippen molar-refractivity contribution in [1.82, 2.24) is 19.9 Å². The number of aryl methyl sites for hydroxylation is 2. The Bertz CT molecular complexity index is 812. The van der Waals surface area contributed by atoms with Gasteiger partial charge in [0, 0.05) is 31.6 Å². The molecule has 28 heavy (non-hydrogen) atoms. The zero-order chi connectivity index (χ0) is 19.6. The first kappa shape index (κ1) is 19.5. The van der Waals surface area contributed by atoms with Crippen molar-refractivity contribution in [2.24, 2.45) is 11.3 Å². The SMILES string of the molecule is CSCC(=O)N1CC2CN(Cc3nc(C)no3)CC2(CCc2ccccc2)C1. The van der Waals surface area contributed by atoms with Gasteiger partial charge in [-0.1, -0.05) is 35.5 Å². The highest BCUT2D eigenvalue weighted by atomic mass is 32.2. The van der Waals surface area contributed by atoms with Gasteiger partial charge in [-0.2, -0.15) is 16.7 Å². The van der Waals surface area contributed by atoms with Crippen molar-refractivity contribution in [3.05, 3.63) is 47.6 Å². The lowest BCUT2D eigenvalue weighted by molar-refractivity contribution is -0.128. The van der Waals surface area contributed by atoms with E-state index in [1.54, 1.807) is 11.8 Å². The first-order valence-electron chi connectivity index (χ1n) is 9.90. The fraction of sp³-hybridized carbons (Fsp3) is 0.571. The molecule has 0 saturated carbocycles. The first-order chi connectivity index (χ1) is 13.6. The van der Waals surface area contributed by atoms with Crippen LogP contribution in [0.1, 0.15) is 23.7 Å². The largest absolute Gasteiger partial charge is 0.341 e. The lowest BCUT2D eigenvalue weighted by Gasteiger charge is -2.29. The summed E-state index contributed by atoms with van der Waals surface area (Å²) in [5, 5.41) is 3.91. The second kappa shape index (κ2) is 8.25. The molecular formula is C21H28N4O2S. The third-order valence-corrected chi connectivity index (χ3v) is 6.67. The van der Waals surface area contributed by atoms with Gasteiger partial charge in [-0.25, -0.2) is 0 Å². The van der Waals surface area contributed by atoms with E-state index in [0.29, 0.717) is 29.9 Å². The third-order valence-electron chi connectivity index (χ3n) is 6.13. The van der Waals surface area contributed by atoms with Crippen molar-refractivity contribution < 1.29 is 9.32 Å². The van der Waals surface area contributed by atoms with Gasteiger partial charge >= 0.3 is 0 Å². The van der Waals surface area contributed by atoms with Crippen molar-refractivity contribution in [2.75, 3.05) is 38.2 Å². The summed E-state index contributed by atoms with van der Waals surface area (Å²) in [7, 11) is 0. The van der Waals surface area contributed by atoms with Crippen LogP contribution in [0.15, 0.2) is 34.9 Å². The number of hydrogen-bond donors (Lipinski definition) is 0. The number of fused-ring (bicyclic) bond motifs is 1. The number of aromatic nitrogens is 2. The number of benzene rings is 1. The Hall–Kier alpha value is -1.86. The molecule has 0 bridgehead atoms. The van der Waals surface area contributed by atoms with Gasteiger partial charge in [0.15, 0.2) is 5.82 Å². The van der Waals surface area contributed by atoms with Crippen LogP contribution < -0.4 is 0 Å². The van der Waals surface area contributed by atoms with Gasteiger partial charge in [-0.15, -0.1) is 0 Å². The number of thioether (sulfide) groups is 1. The smallest absolute Gasteiger partial charge is 0.240 e. The molecule has 1 aromatic carbocycles. The minimum atomic E-state index is 0.152. The van der Waals surface area contributed by atoms with Crippen LogP contribution in [0.5, 0.6) is 0 Å². The van der Waals surface area contributed by atoms with Gasteiger partial charge in [0.05, 0.1) is 12.3 Å². The zero-order valence-electron chi connectivity index (χ0n) is 16.6. The summed E-state index contributed by atoms with van der Waals surface area (Å²) in [6, 6.07) is 10.7. The molecule has 2 aliphatic rings. The zero-order valence-corrected chi connectivity index (χ0v) is 17.5. The highest BCUT2D eigenvalue weighted by Crippen LogP contribution is 2.46. The quantitative estimate of drug-likeness (QED) is 0.712. The topological polar surface area (TPSA) is 62.5 Å². The normalized spacial score (nSPS) is 24.6. The predicted molar refractivity (Wildman–Crippen MR) is 110 cm³/mol. The number of carbonyl (C=O) groups excluding carboxylic acids is 1. The van der Waals surface area contributed by atoms with Gasteiger partial charge in [0.2, 0.25) is 11.8 Å². The second-order valence-corrected chi connectivity index (χ2v) is 9.02. The van der Waals surface area contributed by atoms with Crippen LogP contribution in [0.2, 0.25) is 0 Å². The van der Waals surface area contributed by atoms with Crippen LogP contribution in [0, 0.1) is 18.3 Å². The molecular weight excluding hydrogens is 372 g/mol. The van der Waals surface area contributed by atoms with Crippen LogP contribution in [0.4, 0.5) is 0 Å². The highest BCUT2D eigenvalue weighted by Gasteiger charge is 2.52. The summed E-state index contributed by atoms with van der Waals surface area (Å²) < 4.78 is 5.33. The first-order valence-corrected chi connectivity index (χ1v) is 11.3. The van der Waals surface area contributed by atoms with E-state index in [1.165, 1.54) is 5.56 Å². The lowest BCUT2D eigenvalue weighted by Crippen LogP contribution is -2.37. The van der Waals surface area contributed by atoms with E-state index in [0.717, 1.165) is 39.0 Å². The van der Waals surface area contributed by atoms with E-state index < -0.39 is 0 Å². The molecule has 150 valence electrons. The van der Waals surface area contributed by atoms with Crippen molar-refractivity contribution >= 4 is 17.7 Å². The maximum Gasteiger partial charge on any atom is 0.240 e. The number of rotatable bonds is 7. The molecule has 0 N–H and O–H groups in total. The predicted octanol–water partition coefficient (Wildman–Crippen LogP) is 2.63. The molecule has 2 unspecified atom stereocenters. The molecule has 2 aliphatic heterocycles. The van der Waals surface area contributed by atoms with Crippen molar-refractivity contribution in [3.63, 3.8) is 0 Å². The lowest BCUT2D eigenvalue weighted by atomic mass is 9.76. The van der Waals surface area contributed by atoms with Gasteiger partial charge < -0.3 is 9.42 Å². The molecule has 1 amide bonds. The Morgan fingerprint density at radius 3 is 2.82 bits per heavy atom. The number of hydrogen-bond acceptors (Lipinski definition) is 6. The average Bonchev–Trinajstić information content (AvgIpc) is 3.34. The standard InChI is InChI=1S/C21H28N4O2S/c1-16-22-19(27-23-16)12-24-10-18-11-25(20(26)13-28-2)15-21(18,14-24)9-8-17-6-4-3-5-7-17/h3-7,18H,8-15H2,1-2H3. The van der Waals surface area contributed by atoms with Crippen LogP contribution in [-0.4, -0.2) is 64.0 Å². The third kappa shape index (κ3) is 4.10. The molecule has 2 aromatic rings. The van der Waals surface area contributed by atoms with Crippen LogP contribution in [0.3, 0.4) is 0 Å². The number of amides is 1. The van der Waals surface area contributed by atoms with Crippen LogP contribution in [0.25, 0.3) is 0 Å². The van der Waals surface area contributed by atoms with E-state index in [1.807, 2.05) is 13.2 Å². The summed E-state index contributed by atoms with van der Waals surface area (Å²) in [5.74, 6) is 2.73. The maximum absolute atomic E-state index is 12.5. The van der Waals surface area contributed by atoms with Crippen molar-refractivity contribution in [1.29, 1.82) is 0 Å². The number of nitrogens with zero attached hydrogens (tertiary/aromatic N) is 4. The van der Waals surface area contributed by atoms with E-state index in [4.69, 9.17) is 4.52 Å². The average molecular weight is 401 g/mol. The Labute approximate surface area is 170 Å². The molecule has 2 atom stereocenters. The fourth-order valence-electron chi connectivity index (χ4n) is 4.81. The fourth-order valence-corrected chi connectivity index (χ4v) is 5.24. The number of carbonyl (C=O) groups is 1. The maximum atomic E-state index is 12.5. The van der Waals surface area contributed by atoms with Crippen LogP contribution in [-0.2, 0) is 17.8 Å². The van der Waals surface area contributed by atoms with E-state index >= 15 is 0 Å². The molecule has 1 aromatic heterocycles. The summed E-state index contributed by atoms with van der Waals surface area (Å²) in [4.78, 5) is 21.4. The molecule has 4 rings (SSSR count). The van der Waals surface area contributed by atoms with Crippen molar-refractivity contribution in [2.45, 2.75) is 26.3 Å². The summed E-state index contributed by atoms with van der Waals surface area (Å²) in [6.45, 7) is 6.25. The minimum Gasteiger partial charge on any atom is -0.341 e. The Morgan fingerprint density at radius 1 is 1.29 bits per heavy atom. The number of likely N-dealkylation sites (tertiary alicyclic amines) is 2. The second-order valence-electron chi connectivity index (χ2n) is 8.16. The van der Waals surface area contributed by atoms with Crippen LogP contribution >= 0.6 is 11.8 Å². The molecule has 0 radical (unpaired) electrons. The Balaban J connectivity index is 1.47. The molecule has 6 nitrogen and oxygen atoms in total. The molecule has 0 spiro atoms. The summed E-state index contributed by atoms with van der Waals surface area (Å²) in [5.41, 5.74) is 1.52. The van der Waals surface area contributed by atoms with E-state index in [9.17, 15) is 4.79 Å². The monoisotopic (exact) mass is 400 g/mol. The van der Waals surface area contributed by atoms with Crippen molar-refractivity contribution in [3.8, 4) is 0 Å². The highest BCUT2D eigenvalue weighted by molar-refractivity contribution is 7.99. The molecule has 7 heteroatoms. The summed E-state index contributed by atoms with van der Waals surface area (Å²) >= 11 is 1.61. The van der Waals surface area contributed by atoms with Gasteiger partial charge in [0.1, 0.15) is 0 Å². The van der Waals surface area contributed by atoms with Gasteiger partial charge in [-0.3, -0.25) is 9.69 Å². The molecule has 2 saturated heterocycles. The minimum absolute atomic E-state index is 0.152. The van der Waals surface area contributed by atoms with Gasteiger partial charge in [-0.05, 0) is 37.5 Å². The Kier molecular flexibility index (Phi) is 5.73.